The maximum atomic E-state index is 12.2. The predicted octanol–water partition coefficient (Wildman–Crippen LogP) is 0.997. The molecule has 3 unspecified atom stereocenters. The number of nitrogens with two attached hydrogens (primary N) is 1. The second-order valence-corrected chi connectivity index (χ2v) is 5.27. The van der Waals surface area contributed by atoms with Crippen molar-refractivity contribution < 1.29 is 14.1 Å². The lowest BCUT2D eigenvalue weighted by Crippen LogP contribution is -2.33. The summed E-state index contributed by atoms with van der Waals surface area (Å²) in [4.78, 5) is 23.8. The number of hydrogen-bond donors (Lipinski definition) is 1. The Morgan fingerprint density at radius 2 is 2.21 bits per heavy atom. The number of carbonyl (C=O) groups is 1. The molecule has 1 aromatic heterocycles. The molecule has 7 nitrogen and oxygen atoms in total. The van der Waals surface area contributed by atoms with Crippen molar-refractivity contribution in [3.05, 3.63) is 28.0 Å². The molecule has 1 saturated heterocycles. The Morgan fingerprint density at radius 1 is 1.42 bits per heavy atom. The number of fused-ring (bicyclic) bond motifs is 1. The molecule has 102 valence electrons. The first-order valence-electron chi connectivity index (χ1n) is 6.35. The quantitative estimate of drug-likeness (QED) is 0.634. The molecule has 2 aliphatic rings. The number of rotatable bonds is 2. The van der Waals surface area contributed by atoms with Gasteiger partial charge in [0.2, 0.25) is 0 Å². The summed E-state index contributed by atoms with van der Waals surface area (Å²) in [5, 5.41) is 10.5. The highest BCUT2D eigenvalue weighted by Gasteiger charge is 2.43. The van der Waals surface area contributed by atoms with Crippen molar-refractivity contribution >= 4 is 11.8 Å². The molecule has 19 heavy (non-hydrogen) atoms. The molecule has 2 N–H and O–H groups in total. The minimum atomic E-state index is -0.647. The molecular formula is C12H15N3O4. The van der Waals surface area contributed by atoms with Crippen LogP contribution in [0.5, 0.6) is 0 Å². The van der Waals surface area contributed by atoms with Gasteiger partial charge in [-0.15, -0.1) is 0 Å². The lowest BCUT2D eigenvalue weighted by Gasteiger charge is -2.17. The lowest BCUT2D eigenvalue weighted by molar-refractivity contribution is -0.402. The Morgan fingerprint density at radius 3 is 2.84 bits per heavy atom. The van der Waals surface area contributed by atoms with E-state index in [4.69, 9.17) is 10.2 Å². The zero-order valence-electron chi connectivity index (χ0n) is 10.3. The normalized spacial score (nSPS) is 29.5. The van der Waals surface area contributed by atoms with Gasteiger partial charge < -0.3 is 15.1 Å². The Bertz CT molecular complexity index is 527. The number of likely N-dealkylation sites (tertiary alicyclic amines) is 1. The molecule has 3 atom stereocenters. The van der Waals surface area contributed by atoms with Gasteiger partial charge in [0, 0.05) is 19.1 Å². The first kappa shape index (κ1) is 12.2. The Labute approximate surface area is 109 Å². The highest BCUT2D eigenvalue weighted by Crippen LogP contribution is 2.37. The van der Waals surface area contributed by atoms with Crippen molar-refractivity contribution in [2.45, 2.75) is 18.9 Å². The SMILES string of the molecule is NC1CCC2CN(C(=O)c3ccc([N+](=O)[O-])o3)CC12. The molecule has 1 aromatic rings. The molecule has 1 amide bonds. The van der Waals surface area contributed by atoms with E-state index in [1.807, 2.05) is 0 Å². The van der Waals surface area contributed by atoms with Gasteiger partial charge >= 0.3 is 5.88 Å². The molecule has 0 bridgehead atoms. The smallest absolute Gasteiger partial charge is 0.395 e. The lowest BCUT2D eigenvalue weighted by atomic mass is 9.98. The highest BCUT2D eigenvalue weighted by molar-refractivity contribution is 5.92. The summed E-state index contributed by atoms with van der Waals surface area (Å²) >= 11 is 0. The van der Waals surface area contributed by atoms with Gasteiger partial charge in [0.1, 0.15) is 4.92 Å². The minimum Gasteiger partial charge on any atom is -0.395 e. The van der Waals surface area contributed by atoms with Crippen LogP contribution in [-0.4, -0.2) is 34.9 Å². The number of hydrogen-bond acceptors (Lipinski definition) is 5. The van der Waals surface area contributed by atoms with Crippen molar-refractivity contribution in [1.29, 1.82) is 0 Å². The van der Waals surface area contributed by atoms with Crippen LogP contribution in [0.1, 0.15) is 23.4 Å². The first-order valence-corrected chi connectivity index (χ1v) is 6.35. The molecule has 0 aromatic carbocycles. The molecule has 1 aliphatic heterocycles. The maximum Gasteiger partial charge on any atom is 0.433 e. The van der Waals surface area contributed by atoms with Crippen molar-refractivity contribution in [3.8, 4) is 0 Å². The van der Waals surface area contributed by atoms with E-state index in [-0.39, 0.29) is 17.7 Å². The van der Waals surface area contributed by atoms with Crippen LogP contribution in [-0.2, 0) is 0 Å². The maximum absolute atomic E-state index is 12.2. The molecule has 2 fully saturated rings. The second-order valence-electron chi connectivity index (χ2n) is 5.27. The highest BCUT2D eigenvalue weighted by atomic mass is 16.6. The van der Waals surface area contributed by atoms with Crippen LogP contribution in [0.4, 0.5) is 5.88 Å². The molecule has 0 spiro atoms. The zero-order valence-corrected chi connectivity index (χ0v) is 10.3. The topological polar surface area (TPSA) is 103 Å². The average Bonchev–Trinajstić information content (AvgIpc) is 3.05. The van der Waals surface area contributed by atoms with Gasteiger partial charge in [-0.05, 0) is 30.7 Å². The van der Waals surface area contributed by atoms with Crippen LogP contribution < -0.4 is 5.73 Å². The van der Waals surface area contributed by atoms with E-state index < -0.39 is 10.8 Å². The van der Waals surface area contributed by atoms with Gasteiger partial charge in [-0.3, -0.25) is 14.9 Å². The first-order chi connectivity index (χ1) is 9.06. The number of amides is 1. The van der Waals surface area contributed by atoms with E-state index >= 15 is 0 Å². The third kappa shape index (κ3) is 1.99. The van der Waals surface area contributed by atoms with Crippen LogP contribution in [0, 0.1) is 22.0 Å². The van der Waals surface area contributed by atoms with Crippen molar-refractivity contribution in [1.82, 2.24) is 4.90 Å². The molecule has 7 heteroatoms. The van der Waals surface area contributed by atoms with Gasteiger partial charge in [0.25, 0.3) is 5.91 Å². The molecule has 3 rings (SSSR count). The second kappa shape index (κ2) is 4.34. The molecule has 0 radical (unpaired) electrons. The molecule has 2 heterocycles. The van der Waals surface area contributed by atoms with Crippen LogP contribution in [0.15, 0.2) is 16.5 Å². The molecular weight excluding hydrogens is 250 g/mol. The van der Waals surface area contributed by atoms with Crippen LogP contribution in [0.3, 0.4) is 0 Å². The Hall–Kier alpha value is -1.89. The van der Waals surface area contributed by atoms with Crippen molar-refractivity contribution in [2.75, 3.05) is 13.1 Å². The number of nitro groups is 1. The fraction of sp³-hybridized carbons (Fsp3) is 0.583. The summed E-state index contributed by atoms with van der Waals surface area (Å²) in [5.41, 5.74) is 6.01. The number of carbonyl (C=O) groups excluding carboxylic acids is 1. The summed E-state index contributed by atoms with van der Waals surface area (Å²) in [6, 6.07) is 2.72. The summed E-state index contributed by atoms with van der Waals surface area (Å²) in [7, 11) is 0. The fourth-order valence-electron chi connectivity index (χ4n) is 3.17. The summed E-state index contributed by atoms with van der Waals surface area (Å²) in [6.07, 6.45) is 2.07. The van der Waals surface area contributed by atoms with E-state index in [2.05, 4.69) is 0 Å². The molecule has 1 saturated carbocycles. The van der Waals surface area contributed by atoms with E-state index in [0.29, 0.717) is 24.9 Å². The standard InChI is InChI=1S/C12H15N3O4/c13-9-2-1-7-5-14(6-8(7)9)12(16)10-3-4-11(19-10)15(17)18/h3-4,7-9H,1-2,5-6,13H2. The van der Waals surface area contributed by atoms with Gasteiger partial charge in [-0.2, -0.15) is 0 Å². The van der Waals surface area contributed by atoms with Gasteiger partial charge in [-0.1, -0.05) is 0 Å². The van der Waals surface area contributed by atoms with E-state index in [1.165, 1.54) is 12.1 Å². The largest absolute Gasteiger partial charge is 0.433 e. The van der Waals surface area contributed by atoms with Crippen molar-refractivity contribution in [2.24, 2.45) is 17.6 Å². The van der Waals surface area contributed by atoms with Gasteiger partial charge in [0.05, 0.1) is 6.07 Å². The van der Waals surface area contributed by atoms with E-state index in [0.717, 1.165) is 12.8 Å². The number of furan rings is 1. The monoisotopic (exact) mass is 265 g/mol. The van der Waals surface area contributed by atoms with Crippen LogP contribution >= 0.6 is 0 Å². The molecule has 1 aliphatic carbocycles. The van der Waals surface area contributed by atoms with Crippen LogP contribution in [0.25, 0.3) is 0 Å². The Balaban J connectivity index is 1.73. The number of nitrogens with zero attached hydrogens (tertiary/aromatic N) is 2. The summed E-state index contributed by atoms with van der Waals surface area (Å²) in [6.45, 7) is 1.30. The fourth-order valence-corrected chi connectivity index (χ4v) is 3.17. The third-order valence-electron chi connectivity index (χ3n) is 4.18. The summed E-state index contributed by atoms with van der Waals surface area (Å²) < 4.78 is 4.95. The van der Waals surface area contributed by atoms with Gasteiger partial charge in [-0.25, -0.2) is 0 Å². The van der Waals surface area contributed by atoms with E-state index in [9.17, 15) is 14.9 Å². The van der Waals surface area contributed by atoms with E-state index in [1.54, 1.807) is 4.90 Å². The zero-order chi connectivity index (χ0) is 13.6. The third-order valence-corrected chi connectivity index (χ3v) is 4.18. The predicted molar refractivity (Wildman–Crippen MR) is 65.5 cm³/mol. The average molecular weight is 265 g/mol. The summed E-state index contributed by atoms with van der Waals surface area (Å²) in [5.74, 6) is 0.159. The van der Waals surface area contributed by atoms with Crippen molar-refractivity contribution in [3.63, 3.8) is 0 Å². The minimum absolute atomic E-state index is 0.0280. The van der Waals surface area contributed by atoms with Gasteiger partial charge in [0.15, 0.2) is 5.76 Å². The van der Waals surface area contributed by atoms with Crippen LogP contribution in [0.2, 0.25) is 0 Å². The Kier molecular flexibility index (Phi) is 2.78.